The third-order valence-electron chi connectivity index (χ3n) is 2.77. The van der Waals surface area contributed by atoms with Crippen molar-refractivity contribution in [3.63, 3.8) is 0 Å². The fourth-order valence-electron chi connectivity index (χ4n) is 1.87. The third-order valence-corrected chi connectivity index (χ3v) is 3.71. The molecule has 0 spiro atoms. The number of thioether (sulfide) groups is 1. The molecule has 0 atom stereocenters. The van der Waals surface area contributed by atoms with E-state index in [0.717, 1.165) is 16.2 Å². The summed E-state index contributed by atoms with van der Waals surface area (Å²) in [5.41, 5.74) is 2.05. The molecule has 0 saturated heterocycles. The van der Waals surface area contributed by atoms with Crippen LogP contribution in [0.5, 0.6) is 0 Å². The van der Waals surface area contributed by atoms with Gasteiger partial charge in [-0.25, -0.2) is 4.79 Å². The predicted molar refractivity (Wildman–Crippen MR) is 81.4 cm³/mol. The van der Waals surface area contributed by atoms with Crippen molar-refractivity contribution in [1.29, 1.82) is 0 Å². The Balaban J connectivity index is 2.22. The number of carbonyl (C=O) groups is 1. The van der Waals surface area contributed by atoms with Crippen molar-refractivity contribution in [3.05, 3.63) is 53.9 Å². The quantitative estimate of drug-likeness (QED) is 0.797. The topological polar surface area (TPSA) is 62.2 Å². The van der Waals surface area contributed by atoms with Gasteiger partial charge >= 0.3 is 5.97 Å². The van der Waals surface area contributed by atoms with Gasteiger partial charge in [0.25, 0.3) is 0 Å². The molecule has 0 radical (unpaired) electrons. The highest BCUT2D eigenvalue weighted by atomic mass is 32.2. The molecule has 1 aromatic heterocycles. The lowest BCUT2D eigenvalue weighted by molar-refractivity contribution is 0.0694. The first kappa shape index (κ1) is 14.4. The number of aromatic carboxylic acids is 1. The summed E-state index contributed by atoms with van der Waals surface area (Å²) in [4.78, 5) is 16.2. The van der Waals surface area contributed by atoms with Crippen LogP contribution in [-0.4, -0.2) is 21.8 Å². The van der Waals surface area contributed by atoms with Gasteiger partial charge < -0.3 is 10.4 Å². The maximum absolute atomic E-state index is 11.5. The van der Waals surface area contributed by atoms with Crippen molar-refractivity contribution < 1.29 is 9.90 Å². The maximum Gasteiger partial charge on any atom is 0.338 e. The molecule has 0 bridgehead atoms. The lowest BCUT2D eigenvalue weighted by atomic mass is 10.1. The highest BCUT2D eigenvalue weighted by Crippen LogP contribution is 2.28. The van der Waals surface area contributed by atoms with Gasteiger partial charge in [0.1, 0.15) is 0 Å². The molecule has 0 unspecified atom stereocenters. The van der Waals surface area contributed by atoms with Gasteiger partial charge in [0, 0.05) is 23.8 Å². The first-order valence-corrected chi connectivity index (χ1v) is 7.32. The SMILES string of the molecule is CCSc1cccc(NCc2ccncc2)c1C(=O)O. The highest BCUT2D eigenvalue weighted by Gasteiger charge is 2.15. The van der Waals surface area contributed by atoms with E-state index in [1.165, 1.54) is 11.8 Å². The van der Waals surface area contributed by atoms with Crippen molar-refractivity contribution in [2.24, 2.45) is 0 Å². The minimum absolute atomic E-state index is 0.341. The molecule has 0 aliphatic carbocycles. The summed E-state index contributed by atoms with van der Waals surface area (Å²) in [6.45, 7) is 2.58. The van der Waals surface area contributed by atoms with Gasteiger partial charge in [-0.1, -0.05) is 13.0 Å². The fraction of sp³-hybridized carbons (Fsp3) is 0.200. The second kappa shape index (κ2) is 6.96. The third kappa shape index (κ3) is 3.51. The summed E-state index contributed by atoms with van der Waals surface area (Å²) in [5, 5.41) is 12.6. The highest BCUT2D eigenvalue weighted by molar-refractivity contribution is 7.99. The van der Waals surface area contributed by atoms with E-state index in [1.54, 1.807) is 18.5 Å². The van der Waals surface area contributed by atoms with Crippen LogP contribution in [0.3, 0.4) is 0 Å². The van der Waals surface area contributed by atoms with Crippen LogP contribution < -0.4 is 5.32 Å². The maximum atomic E-state index is 11.5. The van der Waals surface area contributed by atoms with Crippen LogP contribution >= 0.6 is 11.8 Å². The number of rotatable bonds is 6. The molecule has 0 fully saturated rings. The lowest BCUT2D eigenvalue weighted by Gasteiger charge is -2.12. The molecular weight excluding hydrogens is 272 g/mol. The van der Waals surface area contributed by atoms with E-state index in [9.17, 15) is 9.90 Å². The second-order valence-corrected chi connectivity index (χ2v) is 5.43. The number of hydrogen-bond donors (Lipinski definition) is 2. The van der Waals surface area contributed by atoms with Crippen LogP contribution in [0.25, 0.3) is 0 Å². The van der Waals surface area contributed by atoms with E-state index in [0.29, 0.717) is 17.8 Å². The van der Waals surface area contributed by atoms with E-state index in [4.69, 9.17) is 0 Å². The van der Waals surface area contributed by atoms with Crippen LogP contribution in [0.15, 0.2) is 47.6 Å². The van der Waals surface area contributed by atoms with Crippen LogP contribution in [0.4, 0.5) is 5.69 Å². The molecule has 2 aromatic rings. The number of hydrogen-bond acceptors (Lipinski definition) is 4. The Hall–Kier alpha value is -2.01. The van der Waals surface area contributed by atoms with Gasteiger partial charge in [0.2, 0.25) is 0 Å². The molecule has 0 saturated carbocycles. The number of pyridine rings is 1. The molecule has 0 amide bonds. The van der Waals surface area contributed by atoms with E-state index in [-0.39, 0.29) is 0 Å². The molecule has 1 aromatic carbocycles. The molecular formula is C15H16N2O2S. The number of anilines is 1. The van der Waals surface area contributed by atoms with E-state index < -0.39 is 5.97 Å². The average molecular weight is 288 g/mol. The number of aromatic nitrogens is 1. The Morgan fingerprint density at radius 2 is 2.05 bits per heavy atom. The smallest absolute Gasteiger partial charge is 0.338 e. The molecule has 5 heteroatoms. The fourth-order valence-corrected chi connectivity index (χ4v) is 2.70. The summed E-state index contributed by atoms with van der Waals surface area (Å²) < 4.78 is 0. The van der Waals surface area contributed by atoms with Crippen LogP contribution in [0.1, 0.15) is 22.8 Å². The molecule has 0 aliphatic heterocycles. The molecule has 2 N–H and O–H groups in total. The largest absolute Gasteiger partial charge is 0.478 e. The van der Waals surface area contributed by atoms with Crippen molar-refractivity contribution in [3.8, 4) is 0 Å². The zero-order valence-corrected chi connectivity index (χ0v) is 12.0. The Bertz CT molecular complexity index is 588. The minimum atomic E-state index is -0.904. The number of nitrogens with zero attached hydrogens (tertiary/aromatic N) is 1. The van der Waals surface area contributed by atoms with Crippen molar-refractivity contribution in [2.45, 2.75) is 18.4 Å². The van der Waals surface area contributed by atoms with E-state index in [1.807, 2.05) is 31.2 Å². The van der Waals surface area contributed by atoms with Crippen molar-refractivity contribution in [1.82, 2.24) is 4.98 Å². The summed E-state index contributed by atoms with van der Waals surface area (Å²) in [7, 11) is 0. The van der Waals surface area contributed by atoms with Crippen molar-refractivity contribution >= 4 is 23.4 Å². The van der Waals surface area contributed by atoms with Gasteiger partial charge in [0.05, 0.1) is 11.3 Å². The molecule has 104 valence electrons. The number of benzene rings is 1. The van der Waals surface area contributed by atoms with Crippen LogP contribution in [0, 0.1) is 0 Å². The Kier molecular flexibility index (Phi) is 5.01. The normalized spacial score (nSPS) is 10.2. The van der Waals surface area contributed by atoms with Gasteiger partial charge in [-0.15, -0.1) is 11.8 Å². The van der Waals surface area contributed by atoms with Crippen LogP contribution in [-0.2, 0) is 6.54 Å². The molecule has 2 rings (SSSR count). The zero-order chi connectivity index (χ0) is 14.4. The molecule has 20 heavy (non-hydrogen) atoms. The Morgan fingerprint density at radius 1 is 1.30 bits per heavy atom. The molecule has 1 heterocycles. The summed E-state index contributed by atoms with van der Waals surface area (Å²) >= 11 is 1.54. The summed E-state index contributed by atoms with van der Waals surface area (Å²) in [6, 6.07) is 9.31. The van der Waals surface area contributed by atoms with Crippen molar-refractivity contribution in [2.75, 3.05) is 11.1 Å². The minimum Gasteiger partial charge on any atom is -0.478 e. The van der Waals surface area contributed by atoms with Gasteiger partial charge in [-0.2, -0.15) is 0 Å². The Morgan fingerprint density at radius 3 is 2.70 bits per heavy atom. The zero-order valence-electron chi connectivity index (χ0n) is 11.2. The van der Waals surface area contributed by atoms with E-state index >= 15 is 0 Å². The number of nitrogens with one attached hydrogen (secondary N) is 1. The first-order chi connectivity index (χ1) is 9.72. The molecule has 0 aliphatic rings. The Labute approximate surface area is 122 Å². The first-order valence-electron chi connectivity index (χ1n) is 6.34. The average Bonchev–Trinajstić information content (AvgIpc) is 2.46. The lowest BCUT2D eigenvalue weighted by Crippen LogP contribution is -2.08. The monoisotopic (exact) mass is 288 g/mol. The predicted octanol–water partition coefficient (Wildman–Crippen LogP) is 3.50. The summed E-state index contributed by atoms with van der Waals surface area (Å²) in [6.07, 6.45) is 3.44. The number of carboxylic acid groups (broad SMARTS) is 1. The molecule has 4 nitrogen and oxygen atoms in total. The van der Waals surface area contributed by atoms with E-state index in [2.05, 4.69) is 10.3 Å². The van der Waals surface area contributed by atoms with Gasteiger partial charge in [-0.05, 0) is 35.6 Å². The van der Waals surface area contributed by atoms with Crippen LogP contribution in [0.2, 0.25) is 0 Å². The number of carboxylic acids is 1. The van der Waals surface area contributed by atoms with Gasteiger partial charge in [0.15, 0.2) is 0 Å². The summed E-state index contributed by atoms with van der Waals surface area (Å²) in [5.74, 6) is -0.0626. The second-order valence-electron chi connectivity index (χ2n) is 4.13. The van der Waals surface area contributed by atoms with Gasteiger partial charge in [-0.3, -0.25) is 4.98 Å². The standard InChI is InChI=1S/C15H16N2O2S/c1-2-20-13-5-3-4-12(14(13)15(18)19)17-10-11-6-8-16-9-7-11/h3-9,17H,2,10H2,1H3,(H,18,19).